The third-order valence-corrected chi connectivity index (χ3v) is 7.75. The lowest BCUT2D eigenvalue weighted by Gasteiger charge is -2.31. The Morgan fingerprint density at radius 2 is 1.74 bits per heavy atom. The highest BCUT2D eigenvalue weighted by molar-refractivity contribution is 7.11. The number of ether oxygens (including phenoxy) is 1. The summed E-state index contributed by atoms with van der Waals surface area (Å²) in [4.78, 5) is 46.2. The number of thiophene rings is 1. The van der Waals surface area contributed by atoms with E-state index in [0.29, 0.717) is 45.0 Å². The van der Waals surface area contributed by atoms with E-state index in [0.717, 1.165) is 23.5 Å². The second-order valence-corrected chi connectivity index (χ2v) is 11.1. The number of carbonyl (C=O) groups is 2. The highest BCUT2D eigenvalue weighted by Gasteiger charge is 2.26. The van der Waals surface area contributed by atoms with Crippen molar-refractivity contribution >= 4 is 28.8 Å². The van der Waals surface area contributed by atoms with E-state index < -0.39 is 10.8 Å². The molecule has 0 bridgehead atoms. The first-order valence-electron chi connectivity index (χ1n) is 13.0. The zero-order valence-electron chi connectivity index (χ0n) is 22.4. The highest BCUT2D eigenvalue weighted by atomic mass is 32.1. The molecule has 1 fully saturated rings. The highest BCUT2D eigenvalue weighted by Crippen LogP contribution is 2.22. The first-order valence-corrected chi connectivity index (χ1v) is 13.8. The van der Waals surface area contributed by atoms with Gasteiger partial charge in [-0.05, 0) is 37.6 Å². The third-order valence-electron chi connectivity index (χ3n) is 6.77. The van der Waals surface area contributed by atoms with Crippen LogP contribution in [0.25, 0.3) is 0 Å². The standard InChI is InChI=1S/C29H34N4O5S/c1-22-8-10-25(18-27(22)33(36)37)29(35)31(13-12-30-14-16-38-17-15-30)21-28(34)32(19-24-6-4-3-5-7-24)20-26-11-9-23(2)39-26/h3-11,18H,12-17,19-21H2,1-2H3. The van der Waals surface area contributed by atoms with Crippen LogP contribution >= 0.6 is 11.3 Å². The SMILES string of the molecule is Cc1ccc(CN(Cc2ccccc2)C(=O)CN(CCN2CCOCC2)C(=O)c2ccc(C)c([N+](=O)[O-])c2)s1. The number of aryl methyl sites for hydroxylation is 2. The molecule has 39 heavy (non-hydrogen) atoms. The summed E-state index contributed by atoms with van der Waals surface area (Å²) < 4.78 is 5.44. The van der Waals surface area contributed by atoms with Crippen LogP contribution in [0.2, 0.25) is 0 Å². The Labute approximate surface area is 232 Å². The van der Waals surface area contributed by atoms with Crippen molar-refractivity contribution in [2.24, 2.45) is 0 Å². The molecule has 0 spiro atoms. The van der Waals surface area contributed by atoms with Crippen molar-refractivity contribution in [3.63, 3.8) is 0 Å². The van der Waals surface area contributed by atoms with Crippen molar-refractivity contribution in [2.75, 3.05) is 45.9 Å². The molecule has 3 aromatic rings. The fourth-order valence-corrected chi connectivity index (χ4v) is 5.42. The number of hydrogen-bond donors (Lipinski definition) is 0. The molecule has 2 amide bonds. The minimum Gasteiger partial charge on any atom is -0.379 e. The molecule has 1 aliphatic rings. The van der Waals surface area contributed by atoms with Crippen LogP contribution in [0.5, 0.6) is 0 Å². The van der Waals surface area contributed by atoms with E-state index in [1.807, 2.05) is 49.4 Å². The van der Waals surface area contributed by atoms with E-state index in [4.69, 9.17) is 4.74 Å². The summed E-state index contributed by atoms with van der Waals surface area (Å²) in [5.41, 5.74) is 1.57. The average molecular weight is 551 g/mol. The first kappa shape index (κ1) is 28.4. The summed E-state index contributed by atoms with van der Waals surface area (Å²) in [7, 11) is 0. The van der Waals surface area contributed by atoms with Crippen molar-refractivity contribution < 1.29 is 19.2 Å². The predicted molar refractivity (Wildman–Crippen MR) is 151 cm³/mol. The molecule has 0 N–H and O–H groups in total. The molecule has 0 saturated carbocycles. The van der Waals surface area contributed by atoms with E-state index >= 15 is 0 Å². The van der Waals surface area contributed by atoms with Crippen LogP contribution < -0.4 is 0 Å². The van der Waals surface area contributed by atoms with E-state index in [1.165, 1.54) is 15.8 Å². The smallest absolute Gasteiger partial charge is 0.273 e. The lowest BCUT2D eigenvalue weighted by atomic mass is 10.1. The van der Waals surface area contributed by atoms with Gasteiger partial charge < -0.3 is 14.5 Å². The molecule has 4 rings (SSSR count). The Balaban J connectivity index is 1.57. The zero-order valence-corrected chi connectivity index (χ0v) is 23.2. The minimum absolute atomic E-state index is 0.112. The van der Waals surface area contributed by atoms with Crippen LogP contribution in [0.4, 0.5) is 5.69 Å². The lowest BCUT2D eigenvalue weighted by molar-refractivity contribution is -0.385. The van der Waals surface area contributed by atoms with Gasteiger partial charge in [-0.2, -0.15) is 0 Å². The maximum absolute atomic E-state index is 13.8. The van der Waals surface area contributed by atoms with Crippen molar-refractivity contribution in [2.45, 2.75) is 26.9 Å². The van der Waals surface area contributed by atoms with Crippen LogP contribution in [0.1, 0.15) is 31.2 Å². The predicted octanol–water partition coefficient (Wildman–Crippen LogP) is 4.28. The van der Waals surface area contributed by atoms with Gasteiger partial charge in [-0.25, -0.2) is 0 Å². The monoisotopic (exact) mass is 550 g/mol. The molecule has 0 aliphatic carbocycles. The molecule has 1 saturated heterocycles. The second kappa shape index (κ2) is 13.5. The van der Waals surface area contributed by atoms with Crippen LogP contribution in [-0.2, 0) is 22.6 Å². The molecule has 206 valence electrons. The molecule has 0 atom stereocenters. The van der Waals surface area contributed by atoms with Gasteiger partial charge >= 0.3 is 0 Å². The molecule has 9 nitrogen and oxygen atoms in total. The Hall–Kier alpha value is -3.60. The van der Waals surface area contributed by atoms with Crippen molar-refractivity contribution in [3.05, 3.63) is 97.2 Å². The number of nitro groups is 1. The first-order chi connectivity index (χ1) is 18.8. The van der Waals surface area contributed by atoms with Gasteiger partial charge in [0, 0.05) is 59.7 Å². The van der Waals surface area contributed by atoms with E-state index in [9.17, 15) is 19.7 Å². The van der Waals surface area contributed by atoms with Crippen LogP contribution in [0, 0.1) is 24.0 Å². The Kier molecular flexibility index (Phi) is 9.80. The maximum atomic E-state index is 13.8. The van der Waals surface area contributed by atoms with Gasteiger partial charge in [0.05, 0.1) is 24.7 Å². The zero-order chi connectivity index (χ0) is 27.8. The van der Waals surface area contributed by atoms with Crippen molar-refractivity contribution in [1.29, 1.82) is 0 Å². The number of morpholine rings is 1. The molecule has 1 aromatic heterocycles. The number of nitrogens with zero attached hydrogens (tertiary/aromatic N) is 4. The quantitative estimate of drug-likeness (QED) is 0.261. The number of carbonyl (C=O) groups excluding carboxylic acids is 2. The fraction of sp³-hybridized carbons (Fsp3) is 0.379. The number of amides is 2. The van der Waals surface area contributed by atoms with E-state index in [2.05, 4.69) is 4.90 Å². The van der Waals surface area contributed by atoms with Gasteiger partial charge in [0.15, 0.2) is 0 Å². The van der Waals surface area contributed by atoms with Gasteiger partial charge in [0.1, 0.15) is 6.54 Å². The number of nitro benzene ring substituents is 1. The van der Waals surface area contributed by atoms with Gasteiger partial charge in [-0.3, -0.25) is 24.6 Å². The van der Waals surface area contributed by atoms with Gasteiger partial charge in [-0.1, -0.05) is 36.4 Å². The Morgan fingerprint density at radius 3 is 2.41 bits per heavy atom. The van der Waals surface area contributed by atoms with Gasteiger partial charge in [0.2, 0.25) is 5.91 Å². The largest absolute Gasteiger partial charge is 0.379 e. The summed E-state index contributed by atoms with van der Waals surface area (Å²) >= 11 is 1.64. The summed E-state index contributed by atoms with van der Waals surface area (Å²) in [5, 5.41) is 11.5. The normalized spacial score (nSPS) is 13.7. The van der Waals surface area contributed by atoms with Crippen LogP contribution in [0.15, 0.2) is 60.7 Å². The number of rotatable bonds is 11. The summed E-state index contributed by atoms with van der Waals surface area (Å²) in [6.45, 7) is 8.07. The van der Waals surface area contributed by atoms with Gasteiger partial charge in [0.25, 0.3) is 11.6 Å². The molecule has 0 unspecified atom stereocenters. The van der Waals surface area contributed by atoms with Crippen molar-refractivity contribution in [1.82, 2.24) is 14.7 Å². The molecule has 1 aliphatic heterocycles. The van der Waals surface area contributed by atoms with E-state index in [1.54, 1.807) is 35.3 Å². The summed E-state index contributed by atoms with van der Waals surface area (Å²) in [6.07, 6.45) is 0. The Bertz CT molecular complexity index is 1290. The lowest BCUT2D eigenvalue weighted by Crippen LogP contribution is -2.47. The molecule has 2 aromatic carbocycles. The molecular weight excluding hydrogens is 516 g/mol. The minimum atomic E-state index is -0.486. The number of benzene rings is 2. The van der Waals surface area contributed by atoms with Crippen LogP contribution in [-0.4, -0.2) is 77.4 Å². The topological polar surface area (TPSA) is 96.2 Å². The second-order valence-electron chi connectivity index (χ2n) is 9.69. The Morgan fingerprint density at radius 1 is 1.00 bits per heavy atom. The molecule has 0 radical (unpaired) electrons. The summed E-state index contributed by atoms with van der Waals surface area (Å²) in [6, 6.07) is 18.3. The average Bonchev–Trinajstić information content (AvgIpc) is 3.35. The van der Waals surface area contributed by atoms with Crippen molar-refractivity contribution in [3.8, 4) is 0 Å². The van der Waals surface area contributed by atoms with E-state index in [-0.39, 0.29) is 23.7 Å². The van der Waals surface area contributed by atoms with Gasteiger partial charge in [-0.15, -0.1) is 11.3 Å². The summed E-state index contributed by atoms with van der Waals surface area (Å²) in [5.74, 6) is -0.576. The molecule has 2 heterocycles. The molecular formula is C29H34N4O5S. The number of hydrogen-bond acceptors (Lipinski definition) is 7. The van der Waals surface area contributed by atoms with Crippen LogP contribution in [0.3, 0.4) is 0 Å². The maximum Gasteiger partial charge on any atom is 0.273 e. The molecule has 10 heteroatoms. The third kappa shape index (κ3) is 7.95. The fourth-order valence-electron chi connectivity index (χ4n) is 4.52.